The van der Waals surface area contributed by atoms with Crippen LogP contribution in [0.15, 0.2) is 16.5 Å². The molecule has 0 aromatic carbocycles. The highest BCUT2D eigenvalue weighted by molar-refractivity contribution is 5.91. The molecule has 0 radical (unpaired) electrons. The Labute approximate surface area is 110 Å². The van der Waals surface area contributed by atoms with Crippen molar-refractivity contribution in [3.63, 3.8) is 0 Å². The van der Waals surface area contributed by atoms with Crippen molar-refractivity contribution in [3.05, 3.63) is 23.7 Å². The zero-order valence-corrected chi connectivity index (χ0v) is 12.0. The Kier molecular flexibility index (Phi) is 5.96. The van der Waals surface area contributed by atoms with E-state index in [9.17, 15) is 4.79 Å². The van der Waals surface area contributed by atoms with Gasteiger partial charge in [-0.15, -0.1) is 0 Å². The van der Waals surface area contributed by atoms with Crippen LogP contribution in [-0.4, -0.2) is 23.4 Å². The van der Waals surface area contributed by atoms with Gasteiger partial charge in [0.05, 0.1) is 0 Å². The first-order valence-electron chi connectivity index (χ1n) is 7.03. The van der Waals surface area contributed by atoms with Crippen LogP contribution in [0.5, 0.6) is 0 Å². The molecule has 18 heavy (non-hydrogen) atoms. The number of aryl methyl sites for hydroxylation is 1. The lowest BCUT2D eigenvalue weighted by atomic mass is 10.2. The van der Waals surface area contributed by atoms with Gasteiger partial charge in [-0.25, -0.2) is 0 Å². The normalized spacial score (nSPS) is 12.4. The number of unbranched alkanes of at least 4 members (excludes halogenated alkanes) is 1. The van der Waals surface area contributed by atoms with Crippen molar-refractivity contribution in [1.29, 1.82) is 0 Å². The van der Waals surface area contributed by atoms with Crippen LogP contribution in [0.3, 0.4) is 0 Å². The second-order valence-corrected chi connectivity index (χ2v) is 4.73. The summed E-state index contributed by atoms with van der Waals surface area (Å²) in [6.45, 7) is 9.18. The van der Waals surface area contributed by atoms with Crippen LogP contribution in [0.25, 0.3) is 0 Å². The van der Waals surface area contributed by atoms with E-state index in [1.165, 1.54) is 0 Å². The van der Waals surface area contributed by atoms with Gasteiger partial charge in [-0.3, -0.25) is 4.79 Å². The molecule has 0 saturated carbocycles. The van der Waals surface area contributed by atoms with E-state index in [1.54, 1.807) is 6.07 Å². The van der Waals surface area contributed by atoms with E-state index in [0.29, 0.717) is 5.76 Å². The second kappa shape index (κ2) is 7.24. The number of hydrogen-bond acceptors (Lipinski definition) is 2. The largest absolute Gasteiger partial charge is 0.456 e. The fourth-order valence-corrected chi connectivity index (χ4v) is 1.90. The monoisotopic (exact) mass is 251 g/mol. The van der Waals surface area contributed by atoms with Crippen molar-refractivity contribution >= 4 is 5.91 Å². The van der Waals surface area contributed by atoms with Gasteiger partial charge in [-0.2, -0.15) is 0 Å². The maximum Gasteiger partial charge on any atom is 0.289 e. The van der Waals surface area contributed by atoms with Gasteiger partial charge in [0, 0.05) is 19.0 Å². The van der Waals surface area contributed by atoms with E-state index in [0.717, 1.165) is 38.0 Å². The van der Waals surface area contributed by atoms with Crippen molar-refractivity contribution in [2.24, 2.45) is 0 Å². The quantitative estimate of drug-likeness (QED) is 0.736. The van der Waals surface area contributed by atoms with Crippen molar-refractivity contribution in [1.82, 2.24) is 4.90 Å². The second-order valence-electron chi connectivity index (χ2n) is 4.73. The third kappa shape index (κ3) is 3.62. The van der Waals surface area contributed by atoms with E-state index in [-0.39, 0.29) is 11.9 Å². The van der Waals surface area contributed by atoms with Crippen LogP contribution >= 0.6 is 0 Å². The summed E-state index contributed by atoms with van der Waals surface area (Å²) in [7, 11) is 0. The predicted molar refractivity (Wildman–Crippen MR) is 73.8 cm³/mol. The lowest BCUT2D eigenvalue weighted by molar-refractivity contribution is 0.0651. The van der Waals surface area contributed by atoms with Crippen molar-refractivity contribution in [2.45, 2.75) is 59.4 Å². The molecule has 1 unspecified atom stereocenters. The van der Waals surface area contributed by atoms with Crippen LogP contribution in [-0.2, 0) is 6.42 Å². The SMILES string of the molecule is CCCCN(C(=O)c1ccc(CC)o1)C(C)CC. The van der Waals surface area contributed by atoms with Gasteiger partial charge in [0.15, 0.2) is 5.76 Å². The lowest BCUT2D eigenvalue weighted by Gasteiger charge is -2.27. The summed E-state index contributed by atoms with van der Waals surface area (Å²) < 4.78 is 5.56. The first-order chi connectivity index (χ1) is 8.63. The summed E-state index contributed by atoms with van der Waals surface area (Å²) in [6, 6.07) is 3.95. The van der Waals surface area contributed by atoms with Gasteiger partial charge in [0.25, 0.3) is 5.91 Å². The van der Waals surface area contributed by atoms with Crippen LogP contribution < -0.4 is 0 Å². The molecule has 0 fully saturated rings. The molecule has 1 heterocycles. The highest BCUT2D eigenvalue weighted by Gasteiger charge is 2.22. The van der Waals surface area contributed by atoms with Gasteiger partial charge < -0.3 is 9.32 Å². The molecule has 1 aromatic heterocycles. The summed E-state index contributed by atoms with van der Waals surface area (Å²) in [4.78, 5) is 14.3. The Morgan fingerprint density at radius 1 is 1.33 bits per heavy atom. The molecule has 0 saturated heterocycles. The molecule has 3 nitrogen and oxygen atoms in total. The highest BCUT2D eigenvalue weighted by Crippen LogP contribution is 2.15. The lowest BCUT2D eigenvalue weighted by Crippen LogP contribution is -2.38. The molecule has 1 amide bonds. The van der Waals surface area contributed by atoms with Crippen molar-refractivity contribution in [2.75, 3.05) is 6.54 Å². The minimum absolute atomic E-state index is 0.0255. The molecule has 3 heteroatoms. The zero-order valence-electron chi connectivity index (χ0n) is 12.0. The first-order valence-corrected chi connectivity index (χ1v) is 7.03. The maximum atomic E-state index is 12.4. The van der Waals surface area contributed by atoms with Gasteiger partial charge in [0.1, 0.15) is 5.76 Å². The molecule has 0 aliphatic rings. The molecule has 0 aliphatic heterocycles. The Bertz CT molecular complexity index is 370. The summed E-state index contributed by atoms with van der Waals surface area (Å²) >= 11 is 0. The average Bonchev–Trinajstić information content (AvgIpc) is 2.87. The molecule has 0 spiro atoms. The Morgan fingerprint density at radius 3 is 2.56 bits per heavy atom. The standard InChI is InChI=1S/C15H25NO2/c1-5-8-11-16(12(4)6-2)15(17)14-10-9-13(7-3)18-14/h9-10,12H,5-8,11H2,1-4H3. The highest BCUT2D eigenvalue weighted by atomic mass is 16.4. The molecule has 0 N–H and O–H groups in total. The Balaban J connectivity index is 2.80. The Morgan fingerprint density at radius 2 is 2.06 bits per heavy atom. The third-order valence-corrected chi connectivity index (χ3v) is 3.36. The van der Waals surface area contributed by atoms with Crippen LogP contribution in [0.4, 0.5) is 0 Å². The number of carbonyl (C=O) groups is 1. The fraction of sp³-hybridized carbons (Fsp3) is 0.667. The summed E-state index contributed by atoms with van der Waals surface area (Å²) in [5.74, 6) is 1.37. The molecule has 0 aliphatic carbocycles. The van der Waals surface area contributed by atoms with E-state index in [1.807, 2.05) is 17.9 Å². The molecule has 1 aromatic rings. The van der Waals surface area contributed by atoms with Gasteiger partial charge in [-0.1, -0.05) is 27.2 Å². The number of hydrogen-bond donors (Lipinski definition) is 0. The van der Waals surface area contributed by atoms with Crippen LogP contribution in [0.2, 0.25) is 0 Å². The molecular weight excluding hydrogens is 226 g/mol. The van der Waals surface area contributed by atoms with E-state index < -0.39 is 0 Å². The first kappa shape index (κ1) is 14.8. The maximum absolute atomic E-state index is 12.4. The fourth-order valence-electron chi connectivity index (χ4n) is 1.90. The van der Waals surface area contributed by atoms with Crippen LogP contribution in [0.1, 0.15) is 63.3 Å². The number of rotatable bonds is 7. The summed E-state index contributed by atoms with van der Waals surface area (Å²) in [5, 5.41) is 0. The molecule has 0 bridgehead atoms. The molecule has 1 atom stereocenters. The molecule has 1 rings (SSSR count). The van der Waals surface area contributed by atoms with Crippen molar-refractivity contribution < 1.29 is 9.21 Å². The van der Waals surface area contributed by atoms with E-state index in [4.69, 9.17) is 4.42 Å². The summed E-state index contributed by atoms with van der Waals surface area (Å²) in [5.41, 5.74) is 0. The molecular formula is C15H25NO2. The predicted octanol–water partition coefficient (Wildman–Crippen LogP) is 3.88. The summed E-state index contributed by atoms with van der Waals surface area (Å²) in [6.07, 6.45) is 3.93. The van der Waals surface area contributed by atoms with Crippen LogP contribution in [0, 0.1) is 0 Å². The van der Waals surface area contributed by atoms with Gasteiger partial charge in [-0.05, 0) is 31.9 Å². The molecule has 102 valence electrons. The Hall–Kier alpha value is -1.25. The number of amides is 1. The topological polar surface area (TPSA) is 33.5 Å². The van der Waals surface area contributed by atoms with Gasteiger partial charge in [0.2, 0.25) is 0 Å². The minimum Gasteiger partial charge on any atom is -0.456 e. The minimum atomic E-state index is 0.0255. The van der Waals surface area contributed by atoms with Crippen molar-refractivity contribution in [3.8, 4) is 0 Å². The average molecular weight is 251 g/mol. The number of nitrogens with zero attached hydrogens (tertiary/aromatic N) is 1. The van der Waals surface area contributed by atoms with E-state index in [2.05, 4.69) is 20.8 Å². The van der Waals surface area contributed by atoms with E-state index >= 15 is 0 Å². The number of carbonyl (C=O) groups excluding carboxylic acids is 1. The zero-order chi connectivity index (χ0) is 13.5. The number of furan rings is 1. The third-order valence-electron chi connectivity index (χ3n) is 3.36. The smallest absolute Gasteiger partial charge is 0.289 e. The van der Waals surface area contributed by atoms with Gasteiger partial charge >= 0.3 is 0 Å².